The number of hydrogen-bond acceptors (Lipinski definition) is 6. The lowest BCUT2D eigenvalue weighted by molar-refractivity contribution is -0.139. The van der Waals surface area contributed by atoms with Crippen molar-refractivity contribution in [3.63, 3.8) is 0 Å². The van der Waals surface area contributed by atoms with Crippen LogP contribution >= 0.6 is 11.3 Å². The number of carbonyl (C=O) groups is 3. The van der Waals surface area contributed by atoms with Gasteiger partial charge in [-0.05, 0) is 42.5 Å². The predicted octanol–water partition coefficient (Wildman–Crippen LogP) is 3.25. The largest absolute Gasteiger partial charge is 0.463 e. The van der Waals surface area contributed by atoms with Crippen molar-refractivity contribution in [3.05, 3.63) is 69.3 Å². The third-order valence-corrected chi connectivity index (χ3v) is 7.09. The molecule has 3 heterocycles. The topological polar surface area (TPSA) is 82.2 Å². The molecule has 1 atom stereocenters. The molecule has 1 aromatic carbocycles. The van der Waals surface area contributed by atoms with E-state index in [4.69, 9.17) is 4.74 Å². The maximum Gasteiger partial charge on any atom is 0.338 e. The van der Waals surface area contributed by atoms with E-state index in [9.17, 15) is 18.8 Å². The lowest BCUT2D eigenvalue weighted by Gasteiger charge is -2.36. The van der Waals surface area contributed by atoms with Crippen LogP contribution in [0.3, 0.4) is 0 Å². The van der Waals surface area contributed by atoms with E-state index in [1.54, 1.807) is 26.1 Å². The van der Waals surface area contributed by atoms with Crippen molar-refractivity contribution < 1.29 is 23.5 Å². The number of benzene rings is 1. The van der Waals surface area contributed by atoms with E-state index in [2.05, 4.69) is 10.2 Å². The van der Waals surface area contributed by atoms with Crippen molar-refractivity contribution in [1.82, 2.24) is 20.0 Å². The van der Waals surface area contributed by atoms with Crippen molar-refractivity contribution in [3.8, 4) is 0 Å². The van der Waals surface area contributed by atoms with E-state index in [0.29, 0.717) is 48.9 Å². The zero-order valence-corrected chi connectivity index (χ0v) is 20.6. The molecule has 1 unspecified atom stereocenters. The van der Waals surface area contributed by atoms with E-state index in [0.717, 1.165) is 6.42 Å². The van der Waals surface area contributed by atoms with E-state index in [1.165, 1.54) is 28.4 Å². The van der Waals surface area contributed by atoms with Crippen LogP contribution in [-0.2, 0) is 9.53 Å². The summed E-state index contributed by atoms with van der Waals surface area (Å²) in [6.07, 6.45) is 0.766. The zero-order valence-electron chi connectivity index (χ0n) is 19.8. The van der Waals surface area contributed by atoms with Gasteiger partial charge in [-0.3, -0.25) is 14.6 Å². The smallest absolute Gasteiger partial charge is 0.338 e. The third kappa shape index (κ3) is 5.54. The molecule has 2 aliphatic heterocycles. The molecule has 2 aliphatic rings. The number of rotatable bonds is 6. The first-order chi connectivity index (χ1) is 16.9. The number of carbonyl (C=O) groups excluding carboxylic acids is 3. The van der Waals surface area contributed by atoms with Crippen molar-refractivity contribution in [2.75, 3.05) is 46.4 Å². The number of nitrogens with zero attached hydrogens (tertiary/aromatic N) is 3. The number of esters is 1. The fraction of sp³-hybridized carbons (Fsp3) is 0.400. The highest BCUT2D eigenvalue weighted by atomic mass is 32.1. The molecule has 35 heavy (non-hydrogen) atoms. The molecule has 1 fully saturated rings. The molecular formula is C25H29FN4O4S. The van der Waals surface area contributed by atoms with E-state index in [1.807, 2.05) is 22.4 Å². The first kappa shape index (κ1) is 24.9. The Bertz CT molecular complexity index is 1120. The molecule has 10 heteroatoms. The summed E-state index contributed by atoms with van der Waals surface area (Å²) in [6.45, 7) is 4.69. The molecule has 0 bridgehead atoms. The standard InChI is InChI=1S/C25H29FN4O4S/c1-3-34-24(32)21-19(28(2)25(33)27-22(21)17-7-4-8-18(26)15-17)16-29-10-6-11-30(13-12-29)23(31)20-9-5-14-35-20/h4-5,7-9,14-15,22H,3,6,10-13,16H2,1-2H3,(H,27,33). The molecule has 1 saturated heterocycles. The van der Waals surface area contributed by atoms with Crippen LogP contribution in [0.2, 0.25) is 0 Å². The fourth-order valence-corrected chi connectivity index (χ4v) is 5.13. The molecule has 0 spiro atoms. The number of halogens is 1. The van der Waals surface area contributed by atoms with Crippen LogP contribution in [0, 0.1) is 5.82 Å². The summed E-state index contributed by atoms with van der Waals surface area (Å²) in [5.74, 6) is -0.981. The quantitative estimate of drug-likeness (QED) is 0.616. The second kappa shape index (κ2) is 11.0. The second-order valence-electron chi connectivity index (χ2n) is 8.48. The minimum Gasteiger partial charge on any atom is -0.463 e. The molecule has 1 aromatic heterocycles. The first-order valence-electron chi connectivity index (χ1n) is 11.6. The highest BCUT2D eigenvalue weighted by Gasteiger charge is 2.37. The molecule has 4 rings (SSSR count). The van der Waals surface area contributed by atoms with Gasteiger partial charge in [0.1, 0.15) is 5.82 Å². The first-order valence-corrected chi connectivity index (χ1v) is 12.5. The maximum atomic E-state index is 14.0. The Balaban J connectivity index is 1.61. The Labute approximate surface area is 207 Å². The molecule has 0 saturated carbocycles. The summed E-state index contributed by atoms with van der Waals surface area (Å²) in [5.41, 5.74) is 1.27. The normalized spacial score (nSPS) is 19.4. The van der Waals surface area contributed by atoms with Gasteiger partial charge in [0.15, 0.2) is 0 Å². The molecule has 8 nitrogen and oxygen atoms in total. The Morgan fingerprint density at radius 3 is 2.71 bits per heavy atom. The Morgan fingerprint density at radius 2 is 2.00 bits per heavy atom. The Morgan fingerprint density at radius 1 is 1.17 bits per heavy atom. The minimum absolute atomic E-state index is 0.0219. The number of likely N-dealkylation sites (N-methyl/N-ethyl adjacent to an activating group) is 1. The SMILES string of the molecule is CCOC(=O)C1=C(CN2CCCN(C(=O)c3cccs3)CC2)N(C)C(=O)NC1c1cccc(F)c1. The van der Waals surface area contributed by atoms with Gasteiger partial charge in [0.2, 0.25) is 0 Å². The monoisotopic (exact) mass is 500 g/mol. The lowest BCUT2D eigenvalue weighted by atomic mass is 9.94. The van der Waals surface area contributed by atoms with Crippen LogP contribution in [-0.4, -0.2) is 79.0 Å². The third-order valence-electron chi connectivity index (χ3n) is 6.24. The number of thiophene rings is 1. The van der Waals surface area contributed by atoms with Gasteiger partial charge >= 0.3 is 12.0 Å². The van der Waals surface area contributed by atoms with Gasteiger partial charge in [0.05, 0.1) is 23.1 Å². The van der Waals surface area contributed by atoms with Crippen LogP contribution in [0.15, 0.2) is 53.0 Å². The number of urea groups is 1. The van der Waals surface area contributed by atoms with Crippen LogP contribution in [0.4, 0.5) is 9.18 Å². The summed E-state index contributed by atoms with van der Waals surface area (Å²) in [7, 11) is 1.61. The van der Waals surface area contributed by atoms with Crippen molar-refractivity contribution in [2.45, 2.75) is 19.4 Å². The minimum atomic E-state index is -0.827. The van der Waals surface area contributed by atoms with Crippen molar-refractivity contribution >= 4 is 29.2 Å². The van der Waals surface area contributed by atoms with Crippen LogP contribution in [0.5, 0.6) is 0 Å². The Hall–Kier alpha value is -3.24. The molecule has 0 radical (unpaired) electrons. The van der Waals surface area contributed by atoms with Gasteiger partial charge in [-0.2, -0.15) is 0 Å². The predicted molar refractivity (Wildman–Crippen MR) is 130 cm³/mol. The van der Waals surface area contributed by atoms with Crippen LogP contribution in [0.25, 0.3) is 0 Å². The summed E-state index contributed by atoms with van der Waals surface area (Å²) < 4.78 is 19.3. The number of amides is 3. The molecule has 3 amide bonds. The van der Waals surface area contributed by atoms with Gasteiger partial charge in [-0.25, -0.2) is 14.0 Å². The maximum absolute atomic E-state index is 14.0. The van der Waals surface area contributed by atoms with Crippen molar-refractivity contribution in [1.29, 1.82) is 0 Å². The fourth-order valence-electron chi connectivity index (χ4n) is 4.43. The van der Waals surface area contributed by atoms with Gasteiger partial charge < -0.3 is 15.0 Å². The average Bonchev–Trinajstić information content (AvgIpc) is 3.28. The second-order valence-corrected chi connectivity index (χ2v) is 9.42. The van der Waals surface area contributed by atoms with Gasteiger partial charge in [0.25, 0.3) is 5.91 Å². The van der Waals surface area contributed by atoms with Gasteiger partial charge in [-0.1, -0.05) is 18.2 Å². The van der Waals surface area contributed by atoms with E-state index < -0.39 is 17.8 Å². The molecule has 0 aliphatic carbocycles. The van der Waals surface area contributed by atoms with Crippen molar-refractivity contribution in [2.24, 2.45) is 0 Å². The van der Waals surface area contributed by atoms with E-state index in [-0.39, 0.29) is 24.1 Å². The van der Waals surface area contributed by atoms with Crippen LogP contribution in [0.1, 0.15) is 34.6 Å². The highest BCUT2D eigenvalue weighted by Crippen LogP contribution is 2.32. The number of nitrogens with one attached hydrogen (secondary N) is 1. The number of hydrogen-bond donors (Lipinski definition) is 1. The molecular weight excluding hydrogens is 471 g/mol. The average molecular weight is 501 g/mol. The molecule has 186 valence electrons. The number of ether oxygens (including phenoxy) is 1. The summed E-state index contributed by atoms with van der Waals surface area (Å²) >= 11 is 1.43. The Kier molecular flexibility index (Phi) is 7.82. The lowest BCUT2D eigenvalue weighted by Crippen LogP contribution is -2.49. The van der Waals surface area contributed by atoms with Crippen LogP contribution < -0.4 is 5.32 Å². The van der Waals surface area contributed by atoms with Gasteiger partial charge in [-0.15, -0.1) is 11.3 Å². The zero-order chi connectivity index (χ0) is 24.9. The molecule has 2 aromatic rings. The summed E-state index contributed by atoms with van der Waals surface area (Å²) in [5, 5.41) is 4.70. The van der Waals surface area contributed by atoms with E-state index >= 15 is 0 Å². The molecule has 1 N–H and O–H groups in total. The van der Waals surface area contributed by atoms with Gasteiger partial charge in [0, 0.05) is 45.5 Å². The summed E-state index contributed by atoms with van der Waals surface area (Å²) in [6, 6.07) is 8.34. The summed E-state index contributed by atoms with van der Waals surface area (Å²) in [4.78, 5) is 44.9. The highest BCUT2D eigenvalue weighted by molar-refractivity contribution is 7.12.